The van der Waals surface area contributed by atoms with Crippen LogP contribution in [0, 0.1) is 13.8 Å². The second-order valence-electron chi connectivity index (χ2n) is 8.22. The molecule has 2 aromatic rings. The second-order valence-corrected chi connectivity index (χ2v) is 10.2. The first-order valence-electron chi connectivity index (χ1n) is 10.4. The van der Waals surface area contributed by atoms with Gasteiger partial charge in [0.15, 0.2) is 0 Å². The molecule has 1 aliphatic rings. The quantitative estimate of drug-likeness (QED) is 0.763. The lowest BCUT2D eigenvalue weighted by Gasteiger charge is -2.35. The molecule has 30 heavy (non-hydrogen) atoms. The number of nitrogens with one attached hydrogen (secondary N) is 1. The smallest absolute Gasteiger partial charge is 0.241 e. The molecule has 3 rings (SSSR count). The molecule has 7 heteroatoms. The number of benzene rings is 2. The molecule has 1 saturated heterocycles. The van der Waals surface area contributed by atoms with Crippen LogP contribution >= 0.6 is 0 Å². The van der Waals surface area contributed by atoms with Crippen molar-refractivity contribution in [2.24, 2.45) is 0 Å². The highest BCUT2D eigenvalue weighted by Crippen LogP contribution is 2.27. The first-order chi connectivity index (χ1) is 14.2. The zero-order valence-corrected chi connectivity index (χ0v) is 19.0. The van der Waals surface area contributed by atoms with Gasteiger partial charge in [0.1, 0.15) is 5.75 Å². The summed E-state index contributed by atoms with van der Waals surface area (Å²) in [4.78, 5) is 14.8. The summed E-state index contributed by atoms with van der Waals surface area (Å²) in [5.74, 6) is -0.803. The molecule has 0 aliphatic carbocycles. The maximum atomic E-state index is 12.8. The number of carbonyl (C=O) groups is 1. The number of aryl methyl sites for hydroxylation is 2. The highest BCUT2D eigenvalue weighted by atomic mass is 32.2. The van der Waals surface area contributed by atoms with Gasteiger partial charge in [0.2, 0.25) is 15.9 Å². The van der Waals surface area contributed by atoms with E-state index in [1.54, 1.807) is 0 Å². The van der Waals surface area contributed by atoms with Crippen LogP contribution in [0.2, 0.25) is 0 Å². The summed E-state index contributed by atoms with van der Waals surface area (Å²) in [5.41, 5.74) is 4.94. The van der Waals surface area contributed by atoms with Gasteiger partial charge in [-0.1, -0.05) is 44.2 Å². The van der Waals surface area contributed by atoms with E-state index in [2.05, 4.69) is 30.1 Å². The van der Waals surface area contributed by atoms with Crippen LogP contribution in [0.4, 0.5) is 11.4 Å². The summed E-state index contributed by atoms with van der Waals surface area (Å²) in [5, 5.41) is 2.84. The van der Waals surface area contributed by atoms with Gasteiger partial charge in [-0.15, -0.1) is 0 Å². The number of hydrogen-bond donors (Lipinski definition) is 1. The van der Waals surface area contributed by atoms with E-state index < -0.39 is 21.7 Å². The Morgan fingerprint density at radius 2 is 1.70 bits per heavy atom. The fraction of sp³-hybridized carbons (Fsp3) is 0.435. The normalized spacial score (nSPS) is 15.4. The highest BCUT2D eigenvalue weighted by molar-refractivity contribution is 7.89. The number of anilines is 2. The lowest BCUT2D eigenvalue weighted by Crippen LogP contribution is -2.50. The Bertz CT molecular complexity index is 1010. The fourth-order valence-electron chi connectivity index (χ4n) is 3.82. The first-order valence-corrected chi connectivity index (χ1v) is 12.0. The number of sulfonamides is 1. The van der Waals surface area contributed by atoms with Crippen LogP contribution in [0.15, 0.2) is 42.5 Å². The van der Waals surface area contributed by atoms with E-state index in [4.69, 9.17) is 0 Å². The molecule has 1 aliphatic heterocycles. The van der Waals surface area contributed by atoms with Crippen molar-refractivity contribution in [3.05, 3.63) is 59.2 Å². The van der Waals surface area contributed by atoms with Gasteiger partial charge in [-0.2, -0.15) is 4.31 Å². The molecule has 0 spiro atoms. The third-order valence-corrected chi connectivity index (χ3v) is 7.28. The molecule has 0 bridgehead atoms. The van der Waals surface area contributed by atoms with Crippen LogP contribution in [0.1, 0.15) is 36.5 Å². The second kappa shape index (κ2) is 9.18. The Labute approximate surface area is 179 Å². The van der Waals surface area contributed by atoms with E-state index in [0.29, 0.717) is 26.2 Å². The number of carbonyl (C=O) groups excluding carboxylic acids is 1. The van der Waals surface area contributed by atoms with E-state index in [0.717, 1.165) is 22.5 Å². The maximum absolute atomic E-state index is 12.8. The van der Waals surface area contributed by atoms with Crippen molar-refractivity contribution in [2.75, 3.05) is 42.1 Å². The van der Waals surface area contributed by atoms with Crippen molar-refractivity contribution in [3.63, 3.8) is 0 Å². The summed E-state index contributed by atoms with van der Waals surface area (Å²) in [6, 6.07) is 14.0. The highest BCUT2D eigenvalue weighted by Gasteiger charge is 2.29. The van der Waals surface area contributed by atoms with Crippen molar-refractivity contribution < 1.29 is 13.2 Å². The minimum absolute atomic E-state index is 0.228. The van der Waals surface area contributed by atoms with Crippen LogP contribution in [-0.2, 0) is 14.8 Å². The third-order valence-electron chi connectivity index (χ3n) is 5.50. The molecular formula is C23H31N3O3S. The van der Waals surface area contributed by atoms with Crippen molar-refractivity contribution >= 4 is 27.3 Å². The summed E-state index contributed by atoms with van der Waals surface area (Å²) in [6.45, 7) is 10.0. The monoisotopic (exact) mass is 429 g/mol. The van der Waals surface area contributed by atoms with Gasteiger partial charge in [0.25, 0.3) is 0 Å². The Kier molecular flexibility index (Phi) is 6.83. The van der Waals surface area contributed by atoms with E-state index in [9.17, 15) is 13.2 Å². The molecule has 0 radical (unpaired) electrons. The molecule has 162 valence electrons. The molecule has 1 N–H and O–H groups in total. The molecule has 6 nitrogen and oxygen atoms in total. The van der Waals surface area contributed by atoms with Crippen LogP contribution in [0.5, 0.6) is 0 Å². The molecule has 1 amide bonds. The SMILES string of the molecule is Cc1cccc(N2CCN(S(=O)(=O)CC(=O)Nc3c(C)cccc3C(C)C)CC2)c1. The van der Waals surface area contributed by atoms with Gasteiger partial charge < -0.3 is 10.2 Å². The average Bonchev–Trinajstić information content (AvgIpc) is 2.69. The number of piperazine rings is 1. The van der Waals surface area contributed by atoms with Gasteiger partial charge in [-0.05, 0) is 48.6 Å². The van der Waals surface area contributed by atoms with Crippen molar-refractivity contribution in [3.8, 4) is 0 Å². The summed E-state index contributed by atoms with van der Waals surface area (Å²) < 4.78 is 27.1. The average molecular weight is 430 g/mol. The largest absolute Gasteiger partial charge is 0.369 e. The number of rotatable bonds is 6. The number of amides is 1. The molecule has 0 aromatic heterocycles. The molecule has 0 saturated carbocycles. The lowest BCUT2D eigenvalue weighted by atomic mass is 9.98. The maximum Gasteiger partial charge on any atom is 0.241 e. The van der Waals surface area contributed by atoms with Gasteiger partial charge in [-0.25, -0.2) is 8.42 Å². The summed E-state index contributed by atoms with van der Waals surface area (Å²) >= 11 is 0. The van der Waals surface area contributed by atoms with E-state index in [1.807, 2.05) is 50.2 Å². The lowest BCUT2D eigenvalue weighted by molar-refractivity contribution is -0.113. The Hall–Kier alpha value is -2.38. The topological polar surface area (TPSA) is 69.7 Å². The van der Waals surface area contributed by atoms with E-state index >= 15 is 0 Å². The number of nitrogens with zero attached hydrogens (tertiary/aromatic N) is 2. The Balaban J connectivity index is 1.63. The zero-order chi connectivity index (χ0) is 21.9. The van der Waals surface area contributed by atoms with Gasteiger partial charge >= 0.3 is 0 Å². The summed E-state index contributed by atoms with van der Waals surface area (Å²) in [6.07, 6.45) is 0. The predicted octanol–water partition coefficient (Wildman–Crippen LogP) is 3.52. The molecule has 1 fully saturated rings. The van der Waals surface area contributed by atoms with Gasteiger partial charge in [-0.3, -0.25) is 4.79 Å². The first kappa shape index (κ1) is 22.3. The van der Waals surface area contributed by atoms with Crippen molar-refractivity contribution in [1.82, 2.24) is 4.31 Å². The molecular weight excluding hydrogens is 398 g/mol. The van der Waals surface area contributed by atoms with Gasteiger partial charge in [0.05, 0.1) is 0 Å². The third kappa shape index (κ3) is 5.21. The Morgan fingerprint density at radius 3 is 2.33 bits per heavy atom. The standard InChI is InChI=1S/C23H31N3O3S/c1-17(2)21-10-6-8-19(4)23(21)24-22(27)16-30(28,29)26-13-11-25(12-14-26)20-9-5-7-18(3)15-20/h5-10,15,17H,11-14,16H2,1-4H3,(H,24,27). The number of para-hydroxylation sites is 1. The van der Waals surface area contributed by atoms with Crippen LogP contribution in [0.3, 0.4) is 0 Å². The molecule has 1 heterocycles. The minimum Gasteiger partial charge on any atom is -0.369 e. The van der Waals surface area contributed by atoms with Crippen molar-refractivity contribution in [1.29, 1.82) is 0 Å². The fourth-order valence-corrected chi connectivity index (χ4v) is 5.13. The minimum atomic E-state index is -3.67. The van der Waals surface area contributed by atoms with Crippen LogP contribution in [0.25, 0.3) is 0 Å². The van der Waals surface area contributed by atoms with Crippen LogP contribution in [-0.4, -0.2) is 50.6 Å². The van der Waals surface area contributed by atoms with E-state index in [1.165, 1.54) is 9.87 Å². The Morgan fingerprint density at radius 1 is 1.03 bits per heavy atom. The molecule has 0 atom stereocenters. The summed E-state index contributed by atoms with van der Waals surface area (Å²) in [7, 11) is -3.67. The van der Waals surface area contributed by atoms with E-state index in [-0.39, 0.29) is 5.92 Å². The van der Waals surface area contributed by atoms with Gasteiger partial charge in [0, 0.05) is 37.6 Å². The zero-order valence-electron chi connectivity index (χ0n) is 18.2. The number of hydrogen-bond acceptors (Lipinski definition) is 4. The predicted molar refractivity (Wildman–Crippen MR) is 123 cm³/mol. The van der Waals surface area contributed by atoms with Crippen molar-refractivity contribution in [2.45, 2.75) is 33.6 Å². The molecule has 2 aromatic carbocycles. The molecule has 0 unspecified atom stereocenters. The van der Waals surface area contributed by atoms with Crippen LogP contribution < -0.4 is 10.2 Å².